The van der Waals surface area contributed by atoms with Gasteiger partial charge in [0.15, 0.2) is 5.82 Å². The molecule has 2 rings (SSSR count). The predicted octanol–water partition coefficient (Wildman–Crippen LogP) is 2.64. The van der Waals surface area contributed by atoms with Crippen molar-refractivity contribution in [2.75, 3.05) is 5.32 Å². The summed E-state index contributed by atoms with van der Waals surface area (Å²) in [7, 11) is 0. The highest BCUT2D eigenvalue weighted by atomic mass is 127. The molecule has 5 nitrogen and oxygen atoms in total. The molecule has 0 bridgehead atoms. The van der Waals surface area contributed by atoms with E-state index in [0.717, 1.165) is 0 Å². The lowest BCUT2D eigenvalue weighted by molar-refractivity contribution is 1.10. The maximum absolute atomic E-state index is 11.4. The normalized spacial score (nSPS) is 9.83. The molecule has 0 aliphatic heterocycles. The fourth-order valence-electron chi connectivity index (χ4n) is 1.28. The zero-order valence-electron chi connectivity index (χ0n) is 8.87. The van der Waals surface area contributed by atoms with Crippen molar-refractivity contribution in [3.8, 4) is 6.07 Å². The lowest BCUT2D eigenvalue weighted by Crippen LogP contribution is -2.13. The Bertz CT molecular complexity index is 692. The summed E-state index contributed by atoms with van der Waals surface area (Å²) in [5.41, 5.74) is 0.837. The Kier molecular flexibility index (Phi) is 3.84. The van der Waals surface area contributed by atoms with E-state index in [4.69, 9.17) is 16.9 Å². The number of halogens is 2. The zero-order chi connectivity index (χ0) is 13.1. The Morgan fingerprint density at radius 3 is 2.94 bits per heavy atom. The number of nitrogens with one attached hydrogen (secondary N) is 2. The van der Waals surface area contributed by atoms with Crippen molar-refractivity contribution in [1.82, 2.24) is 9.97 Å². The molecular weight excluding hydrogens is 367 g/mol. The van der Waals surface area contributed by atoms with E-state index < -0.39 is 0 Å². The van der Waals surface area contributed by atoms with Crippen molar-refractivity contribution >= 4 is 45.7 Å². The molecular formula is C11H6ClIN4O. The minimum Gasteiger partial charge on any atom is -0.338 e. The fraction of sp³-hybridized carbons (Fsp3) is 0. The first kappa shape index (κ1) is 12.9. The highest BCUT2D eigenvalue weighted by Gasteiger charge is 2.08. The van der Waals surface area contributed by atoms with Crippen LogP contribution in [-0.4, -0.2) is 9.97 Å². The Morgan fingerprint density at radius 1 is 1.50 bits per heavy atom. The minimum atomic E-state index is -0.224. The maximum atomic E-state index is 11.4. The van der Waals surface area contributed by atoms with Gasteiger partial charge in [-0.15, -0.1) is 0 Å². The number of hydrogen-bond donors (Lipinski definition) is 2. The van der Waals surface area contributed by atoms with Crippen LogP contribution >= 0.6 is 34.2 Å². The summed E-state index contributed by atoms with van der Waals surface area (Å²) >= 11 is 7.91. The molecule has 90 valence electrons. The largest absolute Gasteiger partial charge is 0.338 e. The molecule has 0 saturated heterocycles. The minimum absolute atomic E-state index is 0.224. The lowest BCUT2D eigenvalue weighted by atomic mass is 10.2. The molecule has 0 atom stereocenters. The van der Waals surface area contributed by atoms with Crippen molar-refractivity contribution < 1.29 is 0 Å². The average molecular weight is 373 g/mol. The van der Waals surface area contributed by atoms with Gasteiger partial charge in [-0.05, 0) is 40.8 Å². The molecule has 1 heterocycles. The van der Waals surface area contributed by atoms with Gasteiger partial charge in [-0.1, -0.05) is 11.6 Å². The molecule has 0 fully saturated rings. The van der Waals surface area contributed by atoms with Gasteiger partial charge < -0.3 is 10.3 Å². The van der Waals surface area contributed by atoms with Crippen LogP contribution in [0.2, 0.25) is 5.02 Å². The summed E-state index contributed by atoms with van der Waals surface area (Å²) in [6.45, 7) is 0. The SMILES string of the molecule is N#Cc1ccc(Nc2nc[nH]c(=O)c2I)c(Cl)c1. The summed E-state index contributed by atoms with van der Waals surface area (Å²) in [5.74, 6) is 0.422. The third-order valence-electron chi connectivity index (χ3n) is 2.15. The standard InChI is InChI=1S/C11H6ClIN4O/c12-7-3-6(4-14)1-2-8(7)17-10-9(13)11(18)16-5-15-10/h1-3,5H,(H2,15,16,17,18). The summed E-state index contributed by atoms with van der Waals surface area (Å²) in [6.07, 6.45) is 1.31. The molecule has 0 spiro atoms. The van der Waals surface area contributed by atoms with Gasteiger partial charge in [-0.25, -0.2) is 4.98 Å². The number of nitrogens with zero attached hydrogens (tertiary/aromatic N) is 2. The van der Waals surface area contributed by atoms with Crippen molar-refractivity contribution in [2.24, 2.45) is 0 Å². The van der Waals surface area contributed by atoms with Crippen molar-refractivity contribution in [1.29, 1.82) is 5.26 Å². The van der Waals surface area contributed by atoms with Gasteiger partial charge in [0.25, 0.3) is 5.56 Å². The summed E-state index contributed by atoms with van der Waals surface area (Å²) in [5, 5.41) is 12.1. The number of aromatic nitrogens is 2. The van der Waals surface area contributed by atoms with E-state index in [2.05, 4.69) is 15.3 Å². The average Bonchev–Trinajstić information content (AvgIpc) is 2.37. The molecule has 1 aromatic carbocycles. The number of H-pyrrole nitrogens is 1. The van der Waals surface area contributed by atoms with Crippen LogP contribution < -0.4 is 10.9 Å². The maximum Gasteiger partial charge on any atom is 0.266 e. The molecule has 2 aromatic rings. The Labute approximate surface area is 121 Å². The first-order valence-corrected chi connectivity index (χ1v) is 6.27. The molecule has 0 unspecified atom stereocenters. The van der Waals surface area contributed by atoms with Crippen LogP contribution in [0.15, 0.2) is 29.3 Å². The summed E-state index contributed by atoms with van der Waals surface area (Å²) in [4.78, 5) is 17.9. The van der Waals surface area contributed by atoms with Gasteiger partial charge in [-0.2, -0.15) is 5.26 Å². The van der Waals surface area contributed by atoms with Crippen LogP contribution in [0.25, 0.3) is 0 Å². The molecule has 0 aliphatic rings. The number of aromatic amines is 1. The molecule has 0 amide bonds. The second kappa shape index (κ2) is 5.37. The van der Waals surface area contributed by atoms with Crippen molar-refractivity contribution in [3.63, 3.8) is 0 Å². The number of nitriles is 1. The van der Waals surface area contributed by atoms with E-state index in [0.29, 0.717) is 25.7 Å². The van der Waals surface area contributed by atoms with Crippen LogP contribution in [0.4, 0.5) is 11.5 Å². The molecule has 0 aliphatic carbocycles. The van der Waals surface area contributed by atoms with E-state index in [-0.39, 0.29) is 5.56 Å². The second-order valence-corrected chi connectivity index (χ2v) is 4.81. The van der Waals surface area contributed by atoms with Crippen LogP contribution in [0.5, 0.6) is 0 Å². The number of rotatable bonds is 2. The molecule has 7 heteroatoms. The van der Waals surface area contributed by atoms with Gasteiger partial charge >= 0.3 is 0 Å². The fourth-order valence-corrected chi connectivity index (χ4v) is 1.94. The number of hydrogen-bond acceptors (Lipinski definition) is 4. The molecule has 1 aromatic heterocycles. The van der Waals surface area contributed by atoms with E-state index in [1.165, 1.54) is 6.33 Å². The van der Waals surface area contributed by atoms with Crippen LogP contribution in [0.1, 0.15) is 5.56 Å². The molecule has 2 N–H and O–H groups in total. The van der Waals surface area contributed by atoms with E-state index in [1.54, 1.807) is 18.2 Å². The van der Waals surface area contributed by atoms with Crippen LogP contribution in [0, 0.1) is 14.9 Å². The first-order valence-electron chi connectivity index (χ1n) is 4.81. The van der Waals surface area contributed by atoms with E-state index >= 15 is 0 Å². The van der Waals surface area contributed by atoms with E-state index in [9.17, 15) is 4.79 Å². The Balaban J connectivity index is 2.38. The molecule has 0 radical (unpaired) electrons. The quantitative estimate of drug-likeness (QED) is 0.794. The smallest absolute Gasteiger partial charge is 0.266 e. The predicted molar refractivity (Wildman–Crippen MR) is 77.0 cm³/mol. The lowest BCUT2D eigenvalue weighted by Gasteiger charge is -2.08. The highest BCUT2D eigenvalue weighted by molar-refractivity contribution is 14.1. The van der Waals surface area contributed by atoms with Gasteiger partial charge in [0.2, 0.25) is 0 Å². The highest BCUT2D eigenvalue weighted by Crippen LogP contribution is 2.26. The summed E-state index contributed by atoms with van der Waals surface area (Å²) in [6, 6.07) is 6.84. The third-order valence-corrected chi connectivity index (χ3v) is 3.46. The van der Waals surface area contributed by atoms with Crippen LogP contribution in [0.3, 0.4) is 0 Å². The Morgan fingerprint density at radius 2 is 2.28 bits per heavy atom. The van der Waals surface area contributed by atoms with Crippen molar-refractivity contribution in [3.05, 3.63) is 49.0 Å². The second-order valence-electron chi connectivity index (χ2n) is 3.33. The third kappa shape index (κ3) is 2.63. The molecule has 0 saturated carbocycles. The zero-order valence-corrected chi connectivity index (χ0v) is 11.8. The van der Waals surface area contributed by atoms with Crippen molar-refractivity contribution in [2.45, 2.75) is 0 Å². The van der Waals surface area contributed by atoms with Gasteiger partial charge in [0, 0.05) is 0 Å². The number of benzene rings is 1. The molecule has 18 heavy (non-hydrogen) atoms. The topological polar surface area (TPSA) is 81.6 Å². The summed E-state index contributed by atoms with van der Waals surface area (Å²) < 4.78 is 0.440. The monoisotopic (exact) mass is 372 g/mol. The van der Waals surface area contributed by atoms with Gasteiger partial charge in [0.1, 0.15) is 3.57 Å². The number of anilines is 2. The first-order chi connectivity index (χ1) is 8.61. The van der Waals surface area contributed by atoms with E-state index in [1.807, 2.05) is 28.7 Å². The Hall–Kier alpha value is -1.59. The van der Waals surface area contributed by atoms with Crippen LogP contribution in [-0.2, 0) is 0 Å². The van der Waals surface area contributed by atoms with Gasteiger partial charge in [-0.3, -0.25) is 4.79 Å². The van der Waals surface area contributed by atoms with Gasteiger partial charge in [0.05, 0.1) is 28.7 Å².